The van der Waals surface area contributed by atoms with Crippen LogP contribution < -0.4 is 8.61 Å². The van der Waals surface area contributed by atoms with Gasteiger partial charge < -0.3 is 0 Å². The first-order chi connectivity index (χ1) is 12.7. The van der Waals surface area contributed by atoms with Crippen LogP contribution in [0.3, 0.4) is 0 Å². The minimum atomic E-state index is -6.10. The van der Waals surface area contributed by atoms with Crippen molar-refractivity contribution in [2.45, 2.75) is 11.0 Å². The zero-order valence-corrected chi connectivity index (χ0v) is 14.9. The lowest BCUT2D eigenvalue weighted by molar-refractivity contribution is -0.0443. The summed E-state index contributed by atoms with van der Waals surface area (Å²) >= 11 is 0. The van der Waals surface area contributed by atoms with Gasteiger partial charge in [0.2, 0.25) is 0 Å². The van der Waals surface area contributed by atoms with Crippen molar-refractivity contribution in [3.8, 4) is 0 Å². The van der Waals surface area contributed by atoms with Gasteiger partial charge in [-0.25, -0.2) is 8.61 Å². The Morgan fingerprint density at radius 3 is 0.929 bits per heavy atom. The summed E-state index contributed by atoms with van der Waals surface area (Å²) in [6.07, 6.45) is 0. The highest BCUT2D eigenvalue weighted by Crippen LogP contribution is 2.53. The summed E-state index contributed by atoms with van der Waals surface area (Å²) in [5.41, 5.74) is -15.2. The molecule has 0 aromatic heterocycles. The van der Waals surface area contributed by atoms with Gasteiger partial charge >= 0.3 is 31.1 Å². The van der Waals surface area contributed by atoms with Gasteiger partial charge in [0.15, 0.2) is 0 Å². The number of benzene rings is 2. The van der Waals surface area contributed by atoms with Crippen LogP contribution in [-0.2, 0) is 20.0 Å². The van der Waals surface area contributed by atoms with Crippen molar-refractivity contribution in [2.24, 2.45) is 0 Å². The average Bonchev–Trinajstić information content (AvgIpc) is 2.56. The van der Waals surface area contributed by atoms with Crippen LogP contribution in [0.15, 0.2) is 48.5 Å². The number of fused-ring (bicyclic) bond motifs is 2. The lowest BCUT2D eigenvalue weighted by atomic mass is 10.1. The Hall–Kier alpha value is -2.48. The van der Waals surface area contributed by atoms with Crippen molar-refractivity contribution in [3.63, 3.8) is 0 Å². The van der Waals surface area contributed by atoms with Crippen molar-refractivity contribution < 1.29 is 43.2 Å². The molecule has 152 valence electrons. The van der Waals surface area contributed by atoms with E-state index < -0.39 is 53.8 Å². The Morgan fingerprint density at radius 1 is 0.536 bits per heavy atom. The van der Waals surface area contributed by atoms with Crippen LogP contribution in [0.1, 0.15) is 0 Å². The predicted octanol–water partition coefficient (Wildman–Crippen LogP) is 3.98. The van der Waals surface area contributed by atoms with Crippen LogP contribution in [0.25, 0.3) is 0 Å². The van der Waals surface area contributed by atoms with E-state index >= 15 is 0 Å². The summed E-state index contributed by atoms with van der Waals surface area (Å²) in [5.74, 6) is 0. The summed E-state index contributed by atoms with van der Waals surface area (Å²) in [7, 11) is -12.2. The highest BCUT2D eigenvalue weighted by atomic mass is 32.2. The van der Waals surface area contributed by atoms with Gasteiger partial charge in [0.25, 0.3) is 0 Å². The van der Waals surface area contributed by atoms with Gasteiger partial charge in [-0.2, -0.15) is 43.2 Å². The van der Waals surface area contributed by atoms with Gasteiger partial charge in [0.05, 0.1) is 22.7 Å². The van der Waals surface area contributed by atoms with Crippen molar-refractivity contribution in [2.75, 3.05) is 8.61 Å². The molecule has 0 atom stereocenters. The Labute approximate surface area is 154 Å². The number of alkyl halides is 6. The maximum Gasteiger partial charge on any atom is 0.517 e. The smallest absolute Gasteiger partial charge is 0.227 e. The van der Waals surface area contributed by atoms with E-state index in [0.717, 1.165) is 48.5 Å². The molecule has 28 heavy (non-hydrogen) atoms. The molecule has 1 aliphatic heterocycles. The Bertz CT molecular complexity index is 1010. The Kier molecular flexibility index (Phi) is 4.35. The van der Waals surface area contributed by atoms with Crippen LogP contribution in [-0.4, -0.2) is 27.9 Å². The number of anilines is 4. The Balaban J connectivity index is 2.43. The number of hydrogen-bond acceptors (Lipinski definition) is 4. The second-order valence-corrected chi connectivity index (χ2v) is 8.96. The molecule has 2 aromatic carbocycles. The normalized spacial score (nSPS) is 15.2. The van der Waals surface area contributed by atoms with E-state index in [1.54, 1.807) is 0 Å². The molecule has 14 heteroatoms. The van der Waals surface area contributed by atoms with E-state index in [1.807, 2.05) is 0 Å². The van der Waals surface area contributed by atoms with E-state index in [1.165, 1.54) is 0 Å². The quantitative estimate of drug-likeness (QED) is 0.655. The fraction of sp³-hybridized carbons (Fsp3) is 0.143. The van der Waals surface area contributed by atoms with Crippen LogP contribution in [0.2, 0.25) is 0 Å². The van der Waals surface area contributed by atoms with Crippen molar-refractivity contribution in [1.82, 2.24) is 0 Å². The maximum absolute atomic E-state index is 13.2. The van der Waals surface area contributed by atoms with Crippen molar-refractivity contribution in [1.29, 1.82) is 0 Å². The molecule has 0 radical (unpaired) electrons. The highest BCUT2D eigenvalue weighted by molar-refractivity contribution is 7.94. The third-order valence-electron chi connectivity index (χ3n) is 3.70. The largest absolute Gasteiger partial charge is 0.517 e. The van der Waals surface area contributed by atoms with E-state index in [4.69, 9.17) is 0 Å². The number of nitrogens with zero attached hydrogens (tertiary/aromatic N) is 2. The lowest BCUT2D eigenvalue weighted by Crippen LogP contribution is -2.44. The molecule has 0 bridgehead atoms. The second kappa shape index (κ2) is 6.01. The number of para-hydroxylation sites is 4. The highest BCUT2D eigenvalue weighted by Gasteiger charge is 2.57. The molecule has 3 rings (SSSR count). The molecule has 0 spiro atoms. The van der Waals surface area contributed by atoms with Gasteiger partial charge in [-0.3, -0.25) is 0 Å². The summed E-state index contributed by atoms with van der Waals surface area (Å²) in [4.78, 5) is 0. The van der Waals surface area contributed by atoms with Gasteiger partial charge in [-0.15, -0.1) is 0 Å². The van der Waals surface area contributed by atoms with Crippen LogP contribution in [0.5, 0.6) is 0 Å². The average molecular weight is 446 g/mol. The summed E-state index contributed by atoms with van der Waals surface area (Å²) in [5, 5.41) is 0. The summed E-state index contributed by atoms with van der Waals surface area (Å²) < 4.78 is 127. The van der Waals surface area contributed by atoms with E-state index in [0.29, 0.717) is 0 Å². The van der Waals surface area contributed by atoms with Crippen molar-refractivity contribution in [3.05, 3.63) is 48.5 Å². The second-order valence-electron chi connectivity index (χ2n) is 5.41. The zero-order chi connectivity index (χ0) is 21.1. The molecular weight excluding hydrogens is 438 g/mol. The van der Waals surface area contributed by atoms with E-state index in [9.17, 15) is 43.2 Å². The molecule has 2 aromatic rings. The molecule has 0 fully saturated rings. The number of halogens is 6. The van der Waals surface area contributed by atoms with Gasteiger partial charge in [0.1, 0.15) is 0 Å². The topological polar surface area (TPSA) is 74.8 Å². The van der Waals surface area contributed by atoms with Gasteiger partial charge in [0, 0.05) is 0 Å². The van der Waals surface area contributed by atoms with Gasteiger partial charge in [-0.05, 0) is 24.3 Å². The maximum atomic E-state index is 13.2. The minimum absolute atomic E-state index is 0.222. The molecule has 0 aliphatic carbocycles. The molecule has 0 unspecified atom stereocenters. The van der Waals surface area contributed by atoms with Crippen LogP contribution >= 0.6 is 0 Å². The van der Waals surface area contributed by atoms with E-state index in [-0.39, 0.29) is 8.61 Å². The fourth-order valence-corrected chi connectivity index (χ4v) is 4.67. The van der Waals surface area contributed by atoms with E-state index in [2.05, 4.69) is 0 Å². The summed E-state index contributed by atoms with van der Waals surface area (Å²) in [6.45, 7) is 0. The molecule has 1 aliphatic rings. The summed E-state index contributed by atoms with van der Waals surface area (Å²) in [6, 6.07) is 7.32. The minimum Gasteiger partial charge on any atom is -0.227 e. The molecule has 0 saturated heterocycles. The lowest BCUT2D eigenvalue weighted by Gasteiger charge is -2.38. The first kappa shape index (κ1) is 20.3. The first-order valence-electron chi connectivity index (χ1n) is 7.12. The van der Waals surface area contributed by atoms with Crippen molar-refractivity contribution >= 4 is 42.8 Å². The predicted molar refractivity (Wildman–Crippen MR) is 87.1 cm³/mol. The molecule has 1 heterocycles. The third-order valence-corrected chi connectivity index (χ3v) is 6.62. The van der Waals surface area contributed by atoms with Crippen LogP contribution in [0, 0.1) is 0 Å². The number of hydrogen-bond donors (Lipinski definition) is 0. The molecular formula is C14H8F6N2O4S2. The SMILES string of the molecule is O=S(=O)(N1c2ccccc2N(S(=O)(=O)C(F)(F)F)c2ccccc21)C(F)(F)F. The molecule has 0 saturated carbocycles. The van der Waals surface area contributed by atoms with Gasteiger partial charge in [-0.1, -0.05) is 24.3 Å². The van der Waals surface area contributed by atoms with Crippen LogP contribution in [0.4, 0.5) is 49.1 Å². The molecule has 0 N–H and O–H groups in total. The first-order valence-corrected chi connectivity index (χ1v) is 10.0. The number of rotatable bonds is 2. The monoisotopic (exact) mass is 446 g/mol. The molecule has 6 nitrogen and oxygen atoms in total. The third kappa shape index (κ3) is 2.78. The number of sulfonamides is 2. The zero-order valence-electron chi connectivity index (χ0n) is 13.2. The Morgan fingerprint density at radius 2 is 0.750 bits per heavy atom. The molecule has 0 amide bonds. The standard InChI is InChI=1S/C14H8F6N2O4S2/c15-13(16,17)27(23,24)21-9-5-1-2-6-10(9)22(28(25,26)14(18,19)20)12-8-4-3-7-11(12)21/h1-8H. The fourth-order valence-electron chi connectivity index (χ4n) is 2.60.